The van der Waals surface area contributed by atoms with Crippen molar-refractivity contribution in [3.8, 4) is 28.9 Å². The summed E-state index contributed by atoms with van der Waals surface area (Å²) in [6, 6.07) is 6.42. The summed E-state index contributed by atoms with van der Waals surface area (Å²) in [7, 11) is 0. The average molecular weight is 657 g/mol. The van der Waals surface area contributed by atoms with Gasteiger partial charge >= 0.3 is 6.01 Å². The third kappa shape index (κ3) is 4.79. The molecule has 2 bridgehead atoms. The third-order valence-electron chi connectivity index (χ3n) is 11.1. The second kappa shape index (κ2) is 11.2. The summed E-state index contributed by atoms with van der Waals surface area (Å²) in [5, 5.41) is 25.7. The first-order valence-electron chi connectivity index (χ1n) is 17.0. The number of aliphatic hydroxyl groups excluding tert-OH is 1. The highest BCUT2D eigenvalue weighted by Gasteiger charge is 2.47. The second-order valence-corrected chi connectivity index (χ2v) is 14.1. The summed E-state index contributed by atoms with van der Waals surface area (Å²) in [4.78, 5) is 18.8. The number of pyridine rings is 1. The molecular weight excluding hydrogens is 618 g/mol. The largest absolute Gasteiger partial charge is 0.508 e. The molecule has 3 fully saturated rings. The lowest BCUT2D eigenvalue weighted by Gasteiger charge is -2.40. The number of anilines is 1. The monoisotopic (exact) mass is 656 g/mol. The van der Waals surface area contributed by atoms with Gasteiger partial charge in [-0.25, -0.2) is 13.8 Å². The molecule has 1 aliphatic carbocycles. The van der Waals surface area contributed by atoms with E-state index >= 15 is 8.78 Å². The van der Waals surface area contributed by atoms with E-state index in [9.17, 15) is 10.2 Å². The van der Waals surface area contributed by atoms with Gasteiger partial charge in [-0.15, -0.1) is 0 Å². The first-order valence-corrected chi connectivity index (χ1v) is 17.0. The van der Waals surface area contributed by atoms with Gasteiger partial charge in [-0.3, -0.25) is 4.90 Å². The summed E-state index contributed by atoms with van der Waals surface area (Å²) in [6.07, 6.45) is 8.48. The van der Waals surface area contributed by atoms with Crippen molar-refractivity contribution < 1.29 is 28.5 Å². The van der Waals surface area contributed by atoms with Crippen LogP contribution >= 0.6 is 0 Å². The third-order valence-corrected chi connectivity index (χ3v) is 11.1. The van der Waals surface area contributed by atoms with Crippen LogP contribution in [0.1, 0.15) is 38.2 Å². The average Bonchev–Trinajstić information content (AvgIpc) is 3.58. The molecule has 2 saturated heterocycles. The zero-order valence-corrected chi connectivity index (χ0v) is 26.8. The van der Waals surface area contributed by atoms with Crippen molar-refractivity contribution in [2.45, 2.75) is 63.2 Å². The molecule has 2 aromatic heterocycles. The Balaban J connectivity index is 1.18. The van der Waals surface area contributed by atoms with E-state index in [1.54, 1.807) is 12.1 Å². The summed E-state index contributed by atoms with van der Waals surface area (Å²) >= 11 is 0. The van der Waals surface area contributed by atoms with Crippen LogP contribution in [0.5, 0.6) is 17.6 Å². The SMILES string of the molecule is CCc1c(F)ccc2cc(O)cc(-c3nc4c5c(nc(OCC6(CN7CC=C[C@@H]7CO)CC6)nc5c3F)N3C[C@H]5CC[C@H](N5)[C@H]3CO4)c12. The lowest BCUT2D eigenvalue weighted by atomic mass is 9.94. The Bertz CT molecular complexity index is 1990. The number of fused-ring (bicyclic) bond motifs is 6. The molecule has 10 nitrogen and oxygen atoms in total. The number of halogens is 2. The van der Waals surface area contributed by atoms with E-state index in [2.05, 4.69) is 26.2 Å². The van der Waals surface area contributed by atoms with Gasteiger partial charge in [-0.05, 0) is 66.6 Å². The maximum Gasteiger partial charge on any atom is 0.319 e. The highest BCUT2D eigenvalue weighted by atomic mass is 19.1. The van der Waals surface area contributed by atoms with E-state index in [1.165, 1.54) is 12.1 Å². The predicted octanol–water partition coefficient (Wildman–Crippen LogP) is 4.48. The maximum absolute atomic E-state index is 17.1. The number of ether oxygens (including phenoxy) is 2. The molecule has 12 heteroatoms. The number of aliphatic hydroxyl groups is 1. The molecule has 0 radical (unpaired) electrons. The molecule has 4 aromatic rings. The molecule has 0 amide bonds. The van der Waals surface area contributed by atoms with Crippen molar-refractivity contribution >= 4 is 27.5 Å². The molecule has 4 aliphatic heterocycles. The Morgan fingerprint density at radius 1 is 1.12 bits per heavy atom. The Labute approximate surface area is 276 Å². The molecule has 3 N–H and O–H groups in total. The lowest BCUT2D eigenvalue weighted by Crippen LogP contribution is -2.60. The molecule has 48 heavy (non-hydrogen) atoms. The Hall–Kier alpha value is -4.13. The molecule has 1 saturated carbocycles. The van der Waals surface area contributed by atoms with Crippen LogP contribution < -0.4 is 19.7 Å². The van der Waals surface area contributed by atoms with Crippen LogP contribution in [0.25, 0.3) is 32.9 Å². The van der Waals surface area contributed by atoms with Gasteiger partial charge in [0, 0.05) is 42.7 Å². The number of nitrogens with one attached hydrogen (secondary N) is 1. The minimum Gasteiger partial charge on any atom is -0.508 e. The first-order chi connectivity index (χ1) is 23.3. The van der Waals surface area contributed by atoms with E-state index in [0.717, 1.165) is 38.8 Å². The van der Waals surface area contributed by atoms with Crippen molar-refractivity contribution in [1.29, 1.82) is 0 Å². The molecule has 0 unspecified atom stereocenters. The van der Waals surface area contributed by atoms with E-state index in [-0.39, 0.29) is 70.6 Å². The van der Waals surface area contributed by atoms with Crippen LogP contribution in [0.15, 0.2) is 36.4 Å². The van der Waals surface area contributed by atoms with Gasteiger partial charge < -0.3 is 29.9 Å². The smallest absolute Gasteiger partial charge is 0.319 e. The highest BCUT2D eigenvalue weighted by Crippen LogP contribution is 2.48. The van der Waals surface area contributed by atoms with Crippen LogP contribution in [0, 0.1) is 17.0 Å². The molecule has 2 aromatic carbocycles. The Morgan fingerprint density at radius 2 is 2.00 bits per heavy atom. The summed E-state index contributed by atoms with van der Waals surface area (Å²) in [5.74, 6) is -0.461. The number of aromatic hydroxyl groups is 1. The van der Waals surface area contributed by atoms with Gasteiger partial charge in [0.1, 0.15) is 40.6 Å². The quantitative estimate of drug-likeness (QED) is 0.235. The number of aromatic nitrogens is 3. The number of phenolic OH excluding ortho intramolecular Hbond substituents is 1. The van der Waals surface area contributed by atoms with Crippen LogP contribution in [0.4, 0.5) is 14.6 Å². The van der Waals surface area contributed by atoms with E-state index in [4.69, 9.17) is 19.4 Å². The zero-order valence-electron chi connectivity index (χ0n) is 26.8. The number of piperazine rings is 1. The summed E-state index contributed by atoms with van der Waals surface area (Å²) in [6.45, 7) is 4.83. The Kier molecular flexibility index (Phi) is 7.00. The van der Waals surface area contributed by atoms with Crippen molar-refractivity contribution in [3.05, 3.63) is 53.6 Å². The predicted molar refractivity (Wildman–Crippen MR) is 177 cm³/mol. The van der Waals surface area contributed by atoms with E-state index in [0.29, 0.717) is 53.7 Å². The van der Waals surface area contributed by atoms with Gasteiger partial charge in [0.25, 0.3) is 0 Å². The molecule has 6 heterocycles. The van der Waals surface area contributed by atoms with Gasteiger partial charge in [0.15, 0.2) is 5.82 Å². The Morgan fingerprint density at radius 3 is 2.81 bits per heavy atom. The minimum atomic E-state index is -0.712. The number of phenols is 1. The molecule has 9 rings (SSSR count). The molecule has 4 atom stereocenters. The fourth-order valence-corrected chi connectivity index (χ4v) is 8.33. The molecule has 250 valence electrons. The van der Waals surface area contributed by atoms with Gasteiger partial charge in [-0.2, -0.15) is 9.97 Å². The van der Waals surface area contributed by atoms with Crippen molar-refractivity contribution in [1.82, 2.24) is 25.2 Å². The van der Waals surface area contributed by atoms with Gasteiger partial charge in [-0.1, -0.05) is 25.1 Å². The maximum atomic E-state index is 17.1. The van der Waals surface area contributed by atoms with Crippen LogP contribution in [-0.4, -0.2) is 93.7 Å². The van der Waals surface area contributed by atoms with Gasteiger partial charge in [0.2, 0.25) is 5.88 Å². The van der Waals surface area contributed by atoms with E-state index in [1.807, 2.05) is 13.0 Å². The van der Waals surface area contributed by atoms with E-state index < -0.39 is 11.6 Å². The molecule has 0 spiro atoms. The lowest BCUT2D eigenvalue weighted by molar-refractivity contribution is 0.123. The summed E-state index contributed by atoms with van der Waals surface area (Å²) in [5.41, 5.74) is 0.513. The first kappa shape index (κ1) is 30.0. The molecular formula is C36H38F2N6O4. The van der Waals surface area contributed by atoms with Crippen molar-refractivity contribution in [2.75, 3.05) is 44.4 Å². The summed E-state index contributed by atoms with van der Waals surface area (Å²) < 4.78 is 45.0. The standard InChI is InChI=1S/C36H38F2N6O4/c1-2-23-25(37)7-5-19-12-22(46)13-24(28(19)23)31-30(38)32-29-33(44-14-20-6-8-26(39-20)27(44)16-47-34(29)40-31)42-35(41-32)48-18-36(9-10-36)17-43-11-3-4-21(43)15-45/h3-5,7,12-13,20-21,26-27,39,45-46H,2,6,8-11,14-18H2,1H3/t20-,21-,26+,27-/m1/s1. The number of hydrogen-bond acceptors (Lipinski definition) is 10. The second-order valence-electron chi connectivity index (χ2n) is 14.1. The number of nitrogens with zero attached hydrogens (tertiary/aromatic N) is 5. The van der Waals surface area contributed by atoms with Crippen molar-refractivity contribution in [3.63, 3.8) is 0 Å². The fraction of sp³-hybridized carbons (Fsp3) is 0.472. The number of aryl methyl sites for hydroxylation is 1. The number of benzene rings is 2. The number of rotatable bonds is 8. The van der Waals surface area contributed by atoms with Crippen LogP contribution in [0.2, 0.25) is 0 Å². The van der Waals surface area contributed by atoms with Crippen molar-refractivity contribution in [2.24, 2.45) is 5.41 Å². The van der Waals surface area contributed by atoms with Gasteiger partial charge in [0.05, 0.1) is 25.3 Å². The highest BCUT2D eigenvalue weighted by molar-refractivity contribution is 6.03. The zero-order chi connectivity index (χ0) is 32.7. The minimum absolute atomic E-state index is 0.00117. The topological polar surface area (TPSA) is 116 Å². The number of hydrogen-bond donors (Lipinski definition) is 3. The molecule has 5 aliphatic rings. The van der Waals surface area contributed by atoms with Crippen LogP contribution in [-0.2, 0) is 6.42 Å². The fourth-order valence-electron chi connectivity index (χ4n) is 8.33. The normalized spacial score (nSPS) is 25.4. The van der Waals surface area contributed by atoms with Crippen LogP contribution in [0.3, 0.4) is 0 Å².